The van der Waals surface area contributed by atoms with Gasteiger partial charge in [0.2, 0.25) is 5.78 Å². The molecular formula is C13H14O4S. The van der Waals surface area contributed by atoms with Crippen molar-refractivity contribution in [3.8, 4) is 0 Å². The average Bonchev–Trinajstić information content (AvgIpc) is 2.71. The largest absolute Gasteiger partial charge is 0.453 e. The molecule has 0 spiro atoms. The van der Waals surface area contributed by atoms with Crippen LogP contribution in [0.2, 0.25) is 0 Å². The lowest BCUT2D eigenvalue weighted by Gasteiger charge is -2.04. The predicted molar refractivity (Wildman–Crippen MR) is 69.6 cm³/mol. The van der Waals surface area contributed by atoms with Crippen molar-refractivity contribution in [3.63, 3.8) is 0 Å². The zero-order valence-corrected chi connectivity index (χ0v) is 11.2. The molecule has 5 heteroatoms. The third kappa shape index (κ3) is 2.18. The van der Waals surface area contributed by atoms with E-state index in [2.05, 4.69) is 0 Å². The van der Waals surface area contributed by atoms with E-state index in [1.165, 1.54) is 6.92 Å². The van der Waals surface area contributed by atoms with Crippen LogP contribution in [-0.4, -0.2) is 25.7 Å². The Morgan fingerprint density at radius 1 is 1.33 bits per heavy atom. The molecule has 2 rings (SSSR count). The fourth-order valence-corrected chi connectivity index (χ4v) is 2.23. The molecule has 0 aliphatic carbocycles. The molecule has 1 unspecified atom stereocenters. The van der Waals surface area contributed by atoms with Crippen LogP contribution in [0.5, 0.6) is 0 Å². The van der Waals surface area contributed by atoms with Crippen LogP contribution in [0.15, 0.2) is 28.7 Å². The lowest BCUT2D eigenvalue weighted by molar-refractivity contribution is 0.0967. The Kier molecular flexibility index (Phi) is 3.02. The number of Topliss-reactive ketones (excluding diaryl/α,β-unsaturated/α-hetero) is 1. The fourth-order valence-electron chi connectivity index (χ4n) is 1.73. The SMILES string of the molecule is Cc1cccc2cc(C(=O)C(C)S(C)(=O)=O)oc12. The Labute approximate surface area is 106 Å². The van der Waals surface area contributed by atoms with Gasteiger partial charge in [0.1, 0.15) is 10.8 Å². The standard InChI is InChI=1S/C13H14O4S/c1-8-5-4-6-10-7-11(17-13(8)10)12(14)9(2)18(3,15)16/h4-7,9H,1-3H3. The molecule has 1 atom stereocenters. The van der Waals surface area contributed by atoms with Crippen molar-refractivity contribution in [1.82, 2.24) is 0 Å². The molecule has 1 aromatic heterocycles. The maximum atomic E-state index is 12.0. The van der Waals surface area contributed by atoms with Crippen molar-refractivity contribution >= 4 is 26.6 Å². The zero-order valence-electron chi connectivity index (χ0n) is 10.4. The first-order chi connectivity index (χ1) is 8.30. The van der Waals surface area contributed by atoms with Gasteiger partial charge in [-0.25, -0.2) is 8.42 Å². The molecule has 1 aromatic carbocycles. The Balaban J connectivity index is 2.50. The number of carbonyl (C=O) groups is 1. The number of carbonyl (C=O) groups excluding carboxylic acids is 1. The number of ketones is 1. The Morgan fingerprint density at radius 2 is 2.00 bits per heavy atom. The molecule has 0 N–H and O–H groups in total. The Morgan fingerprint density at radius 3 is 2.56 bits per heavy atom. The number of benzene rings is 1. The molecule has 4 nitrogen and oxygen atoms in total. The highest BCUT2D eigenvalue weighted by molar-refractivity contribution is 7.92. The van der Waals surface area contributed by atoms with E-state index in [0.29, 0.717) is 5.58 Å². The number of fused-ring (bicyclic) bond motifs is 1. The summed E-state index contributed by atoms with van der Waals surface area (Å²) in [6, 6.07) is 7.15. The highest BCUT2D eigenvalue weighted by Gasteiger charge is 2.27. The molecule has 1 heterocycles. The van der Waals surface area contributed by atoms with E-state index < -0.39 is 20.9 Å². The predicted octanol–water partition coefficient (Wildman–Crippen LogP) is 2.36. The van der Waals surface area contributed by atoms with Gasteiger partial charge in [-0.3, -0.25) is 4.79 Å². The molecule has 0 radical (unpaired) electrons. The number of aryl methyl sites for hydroxylation is 1. The van der Waals surface area contributed by atoms with Crippen molar-refractivity contribution in [1.29, 1.82) is 0 Å². The van der Waals surface area contributed by atoms with Crippen LogP contribution in [0.3, 0.4) is 0 Å². The lowest BCUT2D eigenvalue weighted by Crippen LogP contribution is -2.25. The van der Waals surface area contributed by atoms with Gasteiger partial charge in [0, 0.05) is 11.6 Å². The van der Waals surface area contributed by atoms with Crippen molar-refractivity contribution in [2.24, 2.45) is 0 Å². The summed E-state index contributed by atoms with van der Waals surface area (Å²) in [6.07, 6.45) is 1.05. The molecule has 0 aliphatic rings. The van der Waals surface area contributed by atoms with Crippen LogP contribution in [0.1, 0.15) is 23.0 Å². The van der Waals surface area contributed by atoms with Crippen molar-refractivity contribution in [2.75, 3.05) is 6.26 Å². The average molecular weight is 266 g/mol. The molecule has 0 fully saturated rings. The van der Waals surface area contributed by atoms with Gasteiger partial charge in [0.15, 0.2) is 15.6 Å². The normalized spacial score (nSPS) is 13.7. The van der Waals surface area contributed by atoms with Gasteiger partial charge in [0.05, 0.1) is 0 Å². The summed E-state index contributed by atoms with van der Waals surface area (Å²) in [5.74, 6) is -0.412. The minimum absolute atomic E-state index is 0.0947. The van der Waals surface area contributed by atoms with E-state index in [-0.39, 0.29) is 5.76 Å². The second-order valence-electron chi connectivity index (χ2n) is 4.44. The molecule has 18 heavy (non-hydrogen) atoms. The van der Waals surface area contributed by atoms with E-state index in [9.17, 15) is 13.2 Å². The second-order valence-corrected chi connectivity index (χ2v) is 6.81. The van der Waals surface area contributed by atoms with Crippen LogP contribution >= 0.6 is 0 Å². The van der Waals surface area contributed by atoms with Crippen molar-refractivity contribution in [2.45, 2.75) is 19.1 Å². The molecular weight excluding hydrogens is 252 g/mol. The fraction of sp³-hybridized carbons (Fsp3) is 0.308. The number of hydrogen-bond donors (Lipinski definition) is 0. The number of sulfone groups is 1. The van der Waals surface area contributed by atoms with Crippen molar-refractivity contribution < 1.29 is 17.6 Å². The summed E-state index contributed by atoms with van der Waals surface area (Å²) < 4.78 is 28.2. The molecule has 2 aromatic rings. The monoisotopic (exact) mass is 266 g/mol. The van der Waals surface area contributed by atoms with Gasteiger partial charge in [-0.05, 0) is 25.5 Å². The maximum Gasteiger partial charge on any atom is 0.215 e. The minimum Gasteiger partial charge on any atom is -0.453 e. The molecule has 0 saturated heterocycles. The minimum atomic E-state index is -3.41. The summed E-state index contributed by atoms with van der Waals surface area (Å²) in [5.41, 5.74) is 1.54. The zero-order chi connectivity index (χ0) is 13.5. The van der Waals surface area contributed by atoms with Crippen LogP contribution in [0.4, 0.5) is 0 Å². The summed E-state index contributed by atoms with van der Waals surface area (Å²) in [5, 5.41) is -0.280. The highest BCUT2D eigenvalue weighted by Crippen LogP contribution is 2.24. The van der Waals surface area contributed by atoms with E-state index in [1.54, 1.807) is 6.07 Å². The number of hydrogen-bond acceptors (Lipinski definition) is 4. The van der Waals surface area contributed by atoms with Crippen LogP contribution in [0.25, 0.3) is 11.0 Å². The summed E-state index contributed by atoms with van der Waals surface area (Å²) in [6.45, 7) is 3.25. The first-order valence-corrected chi connectivity index (χ1v) is 7.48. The smallest absolute Gasteiger partial charge is 0.215 e. The van der Waals surface area contributed by atoms with E-state index >= 15 is 0 Å². The first-order valence-electron chi connectivity index (χ1n) is 5.53. The van der Waals surface area contributed by atoms with Gasteiger partial charge in [-0.15, -0.1) is 0 Å². The third-order valence-electron chi connectivity index (χ3n) is 3.00. The van der Waals surface area contributed by atoms with Gasteiger partial charge >= 0.3 is 0 Å². The summed E-state index contributed by atoms with van der Waals surface area (Å²) in [7, 11) is -3.41. The van der Waals surface area contributed by atoms with Crippen molar-refractivity contribution in [3.05, 3.63) is 35.6 Å². The molecule has 0 bridgehead atoms. The maximum absolute atomic E-state index is 12.0. The second kappa shape index (κ2) is 4.24. The lowest BCUT2D eigenvalue weighted by atomic mass is 10.1. The van der Waals surface area contributed by atoms with E-state index in [0.717, 1.165) is 17.2 Å². The van der Waals surface area contributed by atoms with E-state index in [1.807, 2.05) is 25.1 Å². The Bertz CT molecular complexity index is 710. The van der Waals surface area contributed by atoms with Crippen LogP contribution in [-0.2, 0) is 9.84 Å². The summed E-state index contributed by atoms with van der Waals surface area (Å²) in [4.78, 5) is 12.0. The van der Waals surface area contributed by atoms with Crippen LogP contribution in [0, 0.1) is 6.92 Å². The molecule has 0 aliphatic heterocycles. The first kappa shape index (κ1) is 12.8. The molecule has 0 amide bonds. The van der Waals surface area contributed by atoms with Crippen LogP contribution < -0.4 is 0 Å². The summed E-state index contributed by atoms with van der Waals surface area (Å²) >= 11 is 0. The molecule has 0 saturated carbocycles. The van der Waals surface area contributed by atoms with Gasteiger partial charge < -0.3 is 4.42 Å². The topological polar surface area (TPSA) is 64.3 Å². The number of rotatable bonds is 3. The number of furan rings is 1. The number of para-hydroxylation sites is 1. The third-order valence-corrected chi connectivity index (χ3v) is 4.49. The molecule has 96 valence electrons. The van der Waals surface area contributed by atoms with Gasteiger partial charge in [0.25, 0.3) is 0 Å². The van der Waals surface area contributed by atoms with Gasteiger partial charge in [-0.2, -0.15) is 0 Å². The quantitative estimate of drug-likeness (QED) is 0.800. The highest BCUT2D eigenvalue weighted by atomic mass is 32.2. The van der Waals surface area contributed by atoms with E-state index in [4.69, 9.17) is 4.42 Å². The van der Waals surface area contributed by atoms with Gasteiger partial charge in [-0.1, -0.05) is 18.2 Å². The Hall–Kier alpha value is -1.62.